The highest BCUT2D eigenvalue weighted by Gasteiger charge is 2.15. The van der Waals surface area contributed by atoms with Crippen LogP contribution in [0.4, 0.5) is 5.82 Å². The second-order valence-electron chi connectivity index (χ2n) is 4.25. The Balaban J connectivity index is 2.06. The molecule has 1 aromatic rings. The Morgan fingerprint density at radius 1 is 1.41 bits per heavy atom. The van der Waals surface area contributed by atoms with E-state index in [0.717, 1.165) is 37.3 Å². The maximum atomic E-state index is 5.46. The van der Waals surface area contributed by atoms with Crippen LogP contribution in [-0.2, 0) is 0 Å². The van der Waals surface area contributed by atoms with E-state index >= 15 is 0 Å². The first-order valence-corrected chi connectivity index (χ1v) is 6.23. The van der Waals surface area contributed by atoms with Gasteiger partial charge in [0.2, 0.25) is 5.88 Å². The van der Waals surface area contributed by atoms with Crippen LogP contribution >= 0.6 is 0 Å². The molecule has 1 saturated heterocycles. The average Bonchev–Trinajstić information content (AvgIpc) is 2.36. The van der Waals surface area contributed by atoms with Gasteiger partial charge in [-0.15, -0.1) is 0 Å². The number of nitrogens with zero attached hydrogens (tertiary/aromatic N) is 2. The van der Waals surface area contributed by atoms with Crippen LogP contribution in [-0.4, -0.2) is 35.7 Å². The number of anilines is 1. The highest BCUT2D eigenvalue weighted by Crippen LogP contribution is 2.22. The molecule has 0 atom stereocenters. The Morgan fingerprint density at radius 3 is 2.88 bits per heavy atom. The lowest BCUT2D eigenvalue weighted by Gasteiger charge is -2.25. The molecule has 5 heteroatoms. The Labute approximate surface area is 102 Å². The normalized spacial score (nSPS) is 16.8. The molecule has 2 rings (SSSR count). The average molecular weight is 236 g/mol. The predicted molar refractivity (Wildman–Crippen MR) is 67.5 cm³/mol. The predicted octanol–water partition coefficient (Wildman–Crippen LogP) is 1.35. The highest BCUT2D eigenvalue weighted by atomic mass is 16.5. The van der Waals surface area contributed by atoms with E-state index < -0.39 is 0 Å². The van der Waals surface area contributed by atoms with Crippen LogP contribution in [0.15, 0.2) is 6.33 Å². The van der Waals surface area contributed by atoms with Crippen LogP contribution in [0.1, 0.15) is 25.3 Å². The number of hydrogen-bond acceptors (Lipinski definition) is 5. The van der Waals surface area contributed by atoms with Crippen molar-refractivity contribution in [1.29, 1.82) is 0 Å². The molecule has 0 saturated carbocycles. The molecule has 0 radical (unpaired) electrons. The largest absolute Gasteiger partial charge is 0.478 e. The monoisotopic (exact) mass is 236 g/mol. The lowest BCUT2D eigenvalue weighted by Crippen LogP contribution is -2.35. The maximum Gasteiger partial charge on any atom is 0.221 e. The van der Waals surface area contributed by atoms with Crippen molar-refractivity contribution in [3.8, 4) is 5.88 Å². The summed E-state index contributed by atoms with van der Waals surface area (Å²) in [7, 11) is 0. The van der Waals surface area contributed by atoms with E-state index in [9.17, 15) is 0 Å². The molecule has 1 aliphatic rings. The highest BCUT2D eigenvalue weighted by molar-refractivity contribution is 5.48. The van der Waals surface area contributed by atoms with Crippen molar-refractivity contribution in [2.75, 3.05) is 25.0 Å². The van der Waals surface area contributed by atoms with Gasteiger partial charge in [0.25, 0.3) is 0 Å². The van der Waals surface area contributed by atoms with Gasteiger partial charge in [-0.2, -0.15) is 0 Å². The molecule has 17 heavy (non-hydrogen) atoms. The van der Waals surface area contributed by atoms with E-state index in [4.69, 9.17) is 4.74 Å². The fraction of sp³-hybridized carbons (Fsp3) is 0.667. The Bertz CT molecular complexity index is 364. The van der Waals surface area contributed by atoms with Crippen LogP contribution in [0.2, 0.25) is 0 Å². The molecule has 94 valence electrons. The summed E-state index contributed by atoms with van der Waals surface area (Å²) in [5, 5.41) is 6.83. The summed E-state index contributed by atoms with van der Waals surface area (Å²) in [5.74, 6) is 1.58. The fourth-order valence-corrected chi connectivity index (χ4v) is 2.02. The third-order valence-corrected chi connectivity index (χ3v) is 3.00. The zero-order valence-corrected chi connectivity index (χ0v) is 10.5. The van der Waals surface area contributed by atoms with Crippen molar-refractivity contribution in [2.24, 2.45) is 0 Å². The van der Waals surface area contributed by atoms with Crippen molar-refractivity contribution in [1.82, 2.24) is 15.3 Å². The summed E-state index contributed by atoms with van der Waals surface area (Å²) >= 11 is 0. The van der Waals surface area contributed by atoms with Gasteiger partial charge in [0, 0.05) is 6.04 Å². The topological polar surface area (TPSA) is 59.1 Å². The number of aromatic nitrogens is 2. The quantitative estimate of drug-likeness (QED) is 0.826. The molecule has 2 heterocycles. The number of nitrogens with one attached hydrogen (secondary N) is 2. The molecule has 1 fully saturated rings. The van der Waals surface area contributed by atoms with Gasteiger partial charge < -0.3 is 15.4 Å². The third kappa shape index (κ3) is 3.06. The van der Waals surface area contributed by atoms with Crippen LogP contribution in [0.5, 0.6) is 5.88 Å². The molecule has 2 N–H and O–H groups in total. The van der Waals surface area contributed by atoms with Crippen molar-refractivity contribution in [2.45, 2.75) is 32.7 Å². The molecule has 0 aliphatic carbocycles. The molecule has 0 spiro atoms. The molecule has 0 amide bonds. The van der Waals surface area contributed by atoms with E-state index in [1.807, 2.05) is 13.8 Å². The molecule has 0 unspecified atom stereocenters. The zero-order chi connectivity index (χ0) is 12.1. The minimum absolute atomic E-state index is 0.499. The molecule has 1 aliphatic heterocycles. The molecular weight excluding hydrogens is 216 g/mol. The smallest absolute Gasteiger partial charge is 0.221 e. The van der Waals surface area contributed by atoms with E-state index in [-0.39, 0.29) is 0 Å². The summed E-state index contributed by atoms with van der Waals surface area (Å²) in [6, 6.07) is 0.499. The zero-order valence-electron chi connectivity index (χ0n) is 10.5. The van der Waals surface area contributed by atoms with Gasteiger partial charge in [0.1, 0.15) is 12.1 Å². The van der Waals surface area contributed by atoms with Gasteiger partial charge in [-0.3, -0.25) is 0 Å². The standard InChI is InChI=1S/C12H20N4O/c1-3-17-12-9(2)11(14-8-15-12)16-10-4-6-13-7-5-10/h8,10,13H,3-7H2,1-2H3,(H,14,15,16). The molecule has 0 aromatic carbocycles. The SMILES string of the molecule is CCOc1ncnc(NC2CCNCC2)c1C. The third-order valence-electron chi connectivity index (χ3n) is 3.00. The van der Waals surface area contributed by atoms with Gasteiger partial charge >= 0.3 is 0 Å². The molecule has 5 nitrogen and oxygen atoms in total. The van der Waals surface area contributed by atoms with Crippen molar-refractivity contribution >= 4 is 5.82 Å². The summed E-state index contributed by atoms with van der Waals surface area (Å²) in [6.45, 7) is 6.72. The Hall–Kier alpha value is -1.36. The maximum absolute atomic E-state index is 5.46. The summed E-state index contributed by atoms with van der Waals surface area (Å²) in [5.41, 5.74) is 0.993. The number of rotatable bonds is 4. The van der Waals surface area contributed by atoms with Crippen LogP contribution in [0, 0.1) is 6.92 Å². The number of hydrogen-bond donors (Lipinski definition) is 2. The van der Waals surface area contributed by atoms with E-state index in [0.29, 0.717) is 18.5 Å². The Kier molecular flexibility index (Phi) is 4.14. The van der Waals surface area contributed by atoms with E-state index in [2.05, 4.69) is 20.6 Å². The van der Waals surface area contributed by atoms with E-state index in [1.54, 1.807) is 6.33 Å². The van der Waals surface area contributed by atoms with Crippen LogP contribution < -0.4 is 15.4 Å². The first kappa shape index (κ1) is 12.1. The van der Waals surface area contributed by atoms with Gasteiger partial charge in [0.05, 0.1) is 12.2 Å². The van der Waals surface area contributed by atoms with Gasteiger partial charge in [0.15, 0.2) is 0 Å². The fourth-order valence-electron chi connectivity index (χ4n) is 2.02. The van der Waals surface area contributed by atoms with Gasteiger partial charge in [-0.05, 0) is 39.8 Å². The van der Waals surface area contributed by atoms with Crippen molar-refractivity contribution in [3.63, 3.8) is 0 Å². The lowest BCUT2D eigenvalue weighted by molar-refractivity contribution is 0.323. The first-order chi connectivity index (χ1) is 8.31. The second kappa shape index (κ2) is 5.82. The second-order valence-corrected chi connectivity index (χ2v) is 4.25. The number of ether oxygens (including phenoxy) is 1. The molecule has 0 bridgehead atoms. The van der Waals surface area contributed by atoms with Crippen molar-refractivity contribution < 1.29 is 4.74 Å². The van der Waals surface area contributed by atoms with Crippen LogP contribution in [0.25, 0.3) is 0 Å². The van der Waals surface area contributed by atoms with Gasteiger partial charge in [-0.1, -0.05) is 0 Å². The minimum Gasteiger partial charge on any atom is -0.478 e. The lowest BCUT2D eigenvalue weighted by atomic mass is 10.1. The Morgan fingerprint density at radius 2 is 2.18 bits per heavy atom. The summed E-state index contributed by atoms with van der Waals surface area (Å²) in [6.07, 6.45) is 3.82. The van der Waals surface area contributed by atoms with E-state index in [1.165, 1.54) is 0 Å². The van der Waals surface area contributed by atoms with Gasteiger partial charge in [-0.25, -0.2) is 9.97 Å². The molecule has 1 aromatic heterocycles. The minimum atomic E-state index is 0.499. The van der Waals surface area contributed by atoms with Crippen LogP contribution in [0.3, 0.4) is 0 Å². The number of piperidine rings is 1. The molecular formula is C12H20N4O. The first-order valence-electron chi connectivity index (χ1n) is 6.23. The summed E-state index contributed by atoms with van der Waals surface area (Å²) in [4.78, 5) is 8.43. The van der Waals surface area contributed by atoms with Crippen molar-refractivity contribution in [3.05, 3.63) is 11.9 Å². The summed E-state index contributed by atoms with van der Waals surface area (Å²) < 4.78 is 5.46.